The first kappa shape index (κ1) is 22.1. The molecule has 0 bridgehead atoms. The molecular weight excluding hydrogens is 356 g/mol. The van der Waals surface area contributed by atoms with E-state index in [2.05, 4.69) is 6.92 Å². The van der Waals surface area contributed by atoms with Crippen LogP contribution in [0.25, 0.3) is 0 Å². The first-order valence-electron chi connectivity index (χ1n) is 10.3. The molecule has 0 spiro atoms. The fourth-order valence-corrected chi connectivity index (χ4v) is 3.07. The summed E-state index contributed by atoms with van der Waals surface area (Å²) in [5.74, 6) is 1.38. The Kier molecular flexibility index (Phi) is 7.72. The van der Waals surface area contributed by atoms with Crippen LogP contribution in [0.1, 0.15) is 57.8 Å². The lowest BCUT2D eigenvalue weighted by Crippen LogP contribution is -2.53. The van der Waals surface area contributed by atoms with Gasteiger partial charge in [-0.25, -0.2) is 0 Å². The van der Waals surface area contributed by atoms with Gasteiger partial charge in [-0.05, 0) is 31.0 Å². The molecule has 0 radical (unpaired) electrons. The highest BCUT2D eigenvalue weighted by Gasteiger charge is 2.31. The molecule has 0 N–H and O–H groups in total. The van der Waals surface area contributed by atoms with Gasteiger partial charge in [0.25, 0.3) is 5.91 Å². The smallest absolute Gasteiger partial charge is 0.254 e. The van der Waals surface area contributed by atoms with Crippen molar-refractivity contribution in [3.63, 3.8) is 0 Å². The number of piperazine rings is 1. The molecule has 1 aliphatic rings. The molecule has 0 unspecified atom stereocenters. The van der Waals surface area contributed by atoms with Crippen LogP contribution in [0.15, 0.2) is 18.2 Å². The number of amides is 2. The number of carbonyl (C=O) groups excluding carboxylic acids is 2. The van der Waals surface area contributed by atoms with E-state index in [1.165, 1.54) is 0 Å². The largest absolute Gasteiger partial charge is 0.490 e. The molecule has 0 aromatic heterocycles. The van der Waals surface area contributed by atoms with Crippen molar-refractivity contribution in [2.75, 3.05) is 39.4 Å². The minimum Gasteiger partial charge on any atom is -0.490 e. The summed E-state index contributed by atoms with van der Waals surface area (Å²) in [5, 5.41) is 0. The predicted octanol–water partition coefficient (Wildman–Crippen LogP) is 3.59. The van der Waals surface area contributed by atoms with Crippen molar-refractivity contribution in [2.24, 2.45) is 5.41 Å². The molecule has 1 aromatic rings. The molecule has 1 fully saturated rings. The summed E-state index contributed by atoms with van der Waals surface area (Å²) in [6.45, 7) is 13.3. The summed E-state index contributed by atoms with van der Waals surface area (Å²) >= 11 is 0. The second-order valence-electron chi connectivity index (χ2n) is 8.19. The van der Waals surface area contributed by atoms with Gasteiger partial charge < -0.3 is 19.3 Å². The Labute approximate surface area is 168 Å². The lowest BCUT2D eigenvalue weighted by molar-refractivity contribution is -0.140. The van der Waals surface area contributed by atoms with Crippen LogP contribution in [0.5, 0.6) is 11.5 Å². The molecule has 6 nitrogen and oxygen atoms in total. The van der Waals surface area contributed by atoms with Crippen LogP contribution in [0, 0.1) is 5.41 Å². The summed E-state index contributed by atoms with van der Waals surface area (Å²) in [6.07, 6.45) is 1.79. The van der Waals surface area contributed by atoms with Gasteiger partial charge in [-0.1, -0.05) is 34.6 Å². The van der Waals surface area contributed by atoms with Crippen molar-refractivity contribution in [3.05, 3.63) is 23.8 Å². The predicted molar refractivity (Wildman–Crippen MR) is 110 cm³/mol. The second kappa shape index (κ2) is 9.80. The molecule has 1 saturated heterocycles. The highest BCUT2D eigenvalue weighted by atomic mass is 16.5. The van der Waals surface area contributed by atoms with Gasteiger partial charge in [0, 0.05) is 37.2 Å². The fraction of sp³-hybridized carbons (Fsp3) is 0.636. The monoisotopic (exact) mass is 390 g/mol. The van der Waals surface area contributed by atoms with Gasteiger partial charge in [-0.3, -0.25) is 9.59 Å². The molecule has 2 rings (SSSR count). The Balaban J connectivity index is 2.06. The zero-order valence-corrected chi connectivity index (χ0v) is 17.9. The summed E-state index contributed by atoms with van der Waals surface area (Å²) in [4.78, 5) is 29.0. The van der Waals surface area contributed by atoms with E-state index >= 15 is 0 Å². The topological polar surface area (TPSA) is 59.1 Å². The molecule has 1 heterocycles. The Morgan fingerprint density at radius 3 is 1.96 bits per heavy atom. The molecular formula is C22H34N2O4. The van der Waals surface area contributed by atoms with E-state index in [1.54, 1.807) is 17.0 Å². The van der Waals surface area contributed by atoms with Crippen LogP contribution in [0.4, 0.5) is 0 Å². The van der Waals surface area contributed by atoms with Crippen molar-refractivity contribution >= 4 is 11.8 Å². The van der Waals surface area contributed by atoms with Crippen molar-refractivity contribution in [1.29, 1.82) is 0 Å². The van der Waals surface area contributed by atoms with E-state index in [4.69, 9.17) is 9.47 Å². The maximum atomic E-state index is 13.0. The first-order chi connectivity index (χ1) is 13.3. The normalized spacial score (nSPS) is 14.8. The van der Waals surface area contributed by atoms with Gasteiger partial charge in [-0.2, -0.15) is 0 Å². The molecule has 0 aliphatic carbocycles. The number of hydrogen-bond donors (Lipinski definition) is 0. The van der Waals surface area contributed by atoms with Crippen LogP contribution in [-0.2, 0) is 4.79 Å². The Morgan fingerprint density at radius 1 is 0.893 bits per heavy atom. The second-order valence-corrected chi connectivity index (χ2v) is 8.19. The molecule has 6 heteroatoms. The maximum absolute atomic E-state index is 13.0. The molecule has 0 saturated carbocycles. The van der Waals surface area contributed by atoms with Gasteiger partial charge in [0.1, 0.15) is 0 Å². The summed E-state index contributed by atoms with van der Waals surface area (Å²) < 4.78 is 11.5. The zero-order valence-electron chi connectivity index (χ0n) is 17.9. The number of rotatable bonds is 7. The van der Waals surface area contributed by atoms with Crippen molar-refractivity contribution in [2.45, 2.75) is 47.5 Å². The Bertz CT molecular complexity index is 674. The number of hydrogen-bond acceptors (Lipinski definition) is 4. The van der Waals surface area contributed by atoms with E-state index in [0.717, 1.165) is 12.8 Å². The maximum Gasteiger partial charge on any atom is 0.254 e. The van der Waals surface area contributed by atoms with Crippen LogP contribution >= 0.6 is 0 Å². The van der Waals surface area contributed by atoms with Gasteiger partial charge in [0.05, 0.1) is 13.2 Å². The molecule has 28 heavy (non-hydrogen) atoms. The van der Waals surface area contributed by atoms with E-state index < -0.39 is 5.41 Å². The quantitative estimate of drug-likeness (QED) is 0.714. The van der Waals surface area contributed by atoms with Crippen molar-refractivity contribution < 1.29 is 19.1 Å². The standard InChI is InChI=1S/C22H34N2O4/c1-6-14-27-18-9-8-17(16-19(18)28-15-7-2)20(25)23-10-12-24(13-11-23)21(26)22(3,4)5/h8-9,16H,6-7,10-15H2,1-5H3. The molecule has 1 aromatic carbocycles. The lowest BCUT2D eigenvalue weighted by Gasteiger charge is -2.37. The van der Waals surface area contributed by atoms with Gasteiger partial charge in [0.2, 0.25) is 5.91 Å². The Hall–Kier alpha value is -2.24. The van der Waals surface area contributed by atoms with Gasteiger partial charge >= 0.3 is 0 Å². The fourth-order valence-electron chi connectivity index (χ4n) is 3.07. The minimum atomic E-state index is -0.397. The number of benzene rings is 1. The third kappa shape index (κ3) is 5.63. The van der Waals surface area contributed by atoms with E-state index in [0.29, 0.717) is 56.5 Å². The van der Waals surface area contributed by atoms with Crippen LogP contribution in [0.2, 0.25) is 0 Å². The molecule has 0 atom stereocenters. The Morgan fingerprint density at radius 2 is 1.43 bits per heavy atom. The molecule has 156 valence electrons. The van der Waals surface area contributed by atoms with Crippen LogP contribution in [0.3, 0.4) is 0 Å². The highest BCUT2D eigenvalue weighted by molar-refractivity contribution is 5.95. The van der Waals surface area contributed by atoms with E-state index in [1.807, 2.05) is 38.7 Å². The van der Waals surface area contributed by atoms with Crippen molar-refractivity contribution in [3.8, 4) is 11.5 Å². The average molecular weight is 391 g/mol. The zero-order chi connectivity index (χ0) is 20.7. The average Bonchev–Trinajstić information content (AvgIpc) is 2.69. The molecule has 1 aliphatic heterocycles. The number of nitrogens with zero attached hydrogens (tertiary/aromatic N) is 2. The van der Waals surface area contributed by atoms with Crippen LogP contribution in [-0.4, -0.2) is 61.0 Å². The molecule has 2 amide bonds. The minimum absolute atomic E-state index is 0.0359. The van der Waals surface area contributed by atoms with E-state index in [-0.39, 0.29) is 11.8 Å². The highest BCUT2D eigenvalue weighted by Crippen LogP contribution is 2.29. The van der Waals surface area contributed by atoms with E-state index in [9.17, 15) is 9.59 Å². The van der Waals surface area contributed by atoms with Gasteiger partial charge in [0.15, 0.2) is 11.5 Å². The number of ether oxygens (including phenoxy) is 2. The van der Waals surface area contributed by atoms with Crippen molar-refractivity contribution in [1.82, 2.24) is 9.80 Å². The summed E-state index contributed by atoms with van der Waals surface area (Å²) in [6, 6.07) is 5.38. The third-order valence-corrected chi connectivity index (χ3v) is 4.61. The third-order valence-electron chi connectivity index (χ3n) is 4.61. The van der Waals surface area contributed by atoms with Crippen LogP contribution < -0.4 is 9.47 Å². The SMILES string of the molecule is CCCOc1ccc(C(=O)N2CCN(C(=O)C(C)(C)C)CC2)cc1OCCC. The summed E-state index contributed by atoms with van der Waals surface area (Å²) in [7, 11) is 0. The summed E-state index contributed by atoms with van der Waals surface area (Å²) in [5.41, 5.74) is 0.192. The number of carbonyl (C=O) groups is 2. The lowest BCUT2D eigenvalue weighted by atomic mass is 9.94. The first-order valence-corrected chi connectivity index (χ1v) is 10.3. The van der Waals surface area contributed by atoms with Gasteiger partial charge in [-0.15, -0.1) is 0 Å².